The van der Waals surface area contributed by atoms with Gasteiger partial charge in [-0.15, -0.1) is 0 Å². The molecule has 0 aliphatic heterocycles. The molecule has 6 nitrogen and oxygen atoms in total. The third-order valence-corrected chi connectivity index (χ3v) is 3.34. The fourth-order valence-electron chi connectivity index (χ4n) is 2.11. The second-order valence-electron chi connectivity index (χ2n) is 4.97. The quantitative estimate of drug-likeness (QED) is 0.758. The number of aromatic hydroxyl groups is 2. The molecule has 0 aliphatic rings. The Bertz CT molecular complexity index is 699. The first-order chi connectivity index (χ1) is 11.0. The summed E-state index contributed by atoms with van der Waals surface area (Å²) >= 11 is 0. The van der Waals surface area contributed by atoms with Crippen molar-refractivity contribution < 1.29 is 24.5 Å². The molecule has 0 fully saturated rings. The van der Waals surface area contributed by atoms with Crippen molar-refractivity contribution in [1.29, 1.82) is 0 Å². The molecule has 122 valence electrons. The summed E-state index contributed by atoms with van der Waals surface area (Å²) in [7, 11) is 2.92. The van der Waals surface area contributed by atoms with Gasteiger partial charge in [-0.05, 0) is 35.4 Å². The minimum absolute atomic E-state index is 0.0350. The summed E-state index contributed by atoms with van der Waals surface area (Å²) < 4.78 is 10.0. The number of methoxy groups -OCH3 is 2. The van der Waals surface area contributed by atoms with Gasteiger partial charge in [0, 0.05) is 6.54 Å². The van der Waals surface area contributed by atoms with E-state index in [0.717, 1.165) is 11.1 Å². The smallest absolute Gasteiger partial charge is 0.224 e. The molecular formula is C17H19NO5. The van der Waals surface area contributed by atoms with Gasteiger partial charge < -0.3 is 25.0 Å². The molecule has 6 heteroatoms. The van der Waals surface area contributed by atoms with Gasteiger partial charge in [-0.25, -0.2) is 0 Å². The van der Waals surface area contributed by atoms with Gasteiger partial charge in [-0.1, -0.05) is 12.1 Å². The molecule has 0 atom stereocenters. The molecule has 0 aromatic heterocycles. The third-order valence-electron chi connectivity index (χ3n) is 3.34. The molecule has 0 saturated carbocycles. The van der Waals surface area contributed by atoms with Gasteiger partial charge in [0.25, 0.3) is 0 Å². The Balaban J connectivity index is 1.95. The molecule has 2 aromatic carbocycles. The van der Waals surface area contributed by atoms with E-state index in [1.165, 1.54) is 26.4 Å². The summed E-state index contributed by atoms with van der Waals surface area (Å²) in [4.78, 5) is 12.0. The number of nitrogens with one attached hydrogen (secondary N) is 1. The molecule has 3 N–H and O–H groups in total. The largest absolute Gasteiger partial charge is 0.504 e. The minimum Gasteiger partial charge on any atom is -0.504 e. The van der Waals surface area contributed by atoms with Crippen molar-refractivity contribution in [2.75, 3.05) is 14.2 Å². The number of carbonyl (C=O) groups is 1. The van der Waals surface area contributed by atoms with Crippen LogP contribution in [0.3, 0.4) is 0 Å². The maximum atomic E-state index is 12.0. The lowest BCUT2D eigenvalue weighted by atomic mass is 10.1. The summed E-state index contributed by atoms with van der Waals surface area (Å²) in [5.41, 5.74) is 1.55. The van der Waals surface area contributed by atoms with Gasteiger partial charge in [0.1, 0.15) is 0 Å². The summed E-state index contributed by atoms with van der Waals surface area (Å²) in [6.07, 6.45) is 0.172. The lowest BCUT2D eigenvalue weighted by Crippen LogP contribution is -2.24. The van der Waals surface area contributed by atoms with Crippen molar-refractivity contribution in [2.45, 2.75) is 13.0 Å². The second kappa shape index (κ2) is 7.40. The molecule has 0 spiro atoms. The van der Waals surface area contributed by atoms with Crippen LogP contribution >= 0.6 is 0 Å². The summed E-state index contributed by atoms with van der Waals surface area (Å²) in [5, 5.41) is 21.9. The van der Waals surface area contributed by atoms with Crippen LogP contribution in [0.2, 0.25) is 0 Å². The van der Waals surface area contributed by atoms with Crippen LogP contribution in [0.1, 0.15) is 11.1 Å². The highest BCUT2D eigenvalue weighted by molar-refractivity contribution is 5.78. The van der Waals surface area contributed by atoms with Crippen molar-refractivity contribution in [3.8, 4) is 23.0 Å². The molecule has 0 heterocycles. The van der Waals surface area contributed by atoms with E-state index in [9.17, 15) is 15.0 Å². The average Bonchev–Trinajstić information content (AvgIpc) is 2.55. The fourth-order valence-corrected chi connectivity index (χ4v) is 2.11. The van der Waals surface area contributed by atoms with E-state index in [1.54, 1.807) is 24.3 Å². The summed E-state index contributed by atoms with van der Waals surface area (Å²) in [6.45, 7) is 0.324. The van der Waals surface area contributed by atoms with Crippen molar-refractivity contribution in [1.82, 2.24) is 5.32 Å². The van der Waals surface area contributed by atoms with Crippen molar-refractivity contribution in [2.24, 2.45) is 0 Å². The number of hydrogen-bond acceptors (Lipinski definition) is 5. The van der Waals surface area contributed by atoms with Gasteiger partial charge in [-0.2, -0.15) is 0 Å². The minimum atomic E-state index is -0.162. The van der Waals surface area contributed by atoms with Gasteiger partial charge in [0.2, 0.25) is 5.91 Å². The molecule has 2 aromatic rings. The zero-order valence-corrected chi connectivity index (χ0v) is 13.0. The van der Waals surface area contributed by atoms with Crippen LogP contribution in [0.15, 0.2) is 36.4 Å². The van der Waals surface area contributed by atoms with Crippen LogP contribution in [0.5, 0.6) is 23.0 Å². The zero-order valence-electron chi connectivity index (χ0n) is 13.0. The first kappa shape index (κ1) is 16.5. The van der Waals surface area contributed by atoms with Gasteiger partial charge in [0.15, 0.2) is 23.0 Å². The van der Waals surface area contributed by atoms with E-state index in [-0.39, 0.29) is 23.8 Å². The van der Waals surface area contributed by atoms with E-state index in [1.807, 2.05) is 0 Å². The Hall–Kier alpha value is -2.89. The molecule has 23 heavy (non-hydrogen) atoms. The zero-order chi connectivity index (χ0) is 16.8. The molecule has 2 rings (SSSR count). The average molecular weight is 317 g/mol. The lowest BCUT2D eigenvalue weighted by Gasteiger charge is -2.09. The number of benzene rings is 2. The highest BCUT2D eigenvalue weighted by Crippen LogP contribution is 2.27. The van der Waals surface area contributed by atoms with Crippen molar-refractivity contribution >= 4 is 5.91 Å². The topological polar surface area (TPSA) is 88.0 Å². The lowest BCUT2D eigenvalue weighted by molar-refractivity contribution is -0.120. The Kier molecular flexibility index (Phi) is 5.30. The Morgan fingerprint density at radius 3 is 2.04 bits per heavy atom. The molecular weight excluding hydrogens is 298 g/mol. The number of amides is 1. The van der Waals surface area contributed by atoms with E-state index in [2.05, 4.69) is 5.32 Å². The number of ether oxygens (including phenoxy) is 2. The van der Waals surface area contributed by atoms with E-state index < -0.39 is 0 Å². The Labute approximate surface area is 134 Å². The van der Waals surface area contributed by atoms with E-state index in [4.69, 9.17) is 9.47 Å². The summed E-state index contributed by atoms with van der Waals surface area (Å²) in [6, 6.07) is 9.68. The van der Waals surface area contributed by atoms with Crippen molar-refractivity contribution in [3.63, 3.8) is 0 Å². The number of rotatable bonds is 6. The first-order valence-corrected chi connectivity index (χ1v) is 7.02. The summed E-state index contributed by atoms with van der Waals surface area (Å²) in [5.74, 6) is 0.620. The molecule has 0 aliphatic carbocycles. The van der Waals surface area contributed by atoms with Gasteiger partial charge in [-0.3, -0.25) is 4.79 Å². The molecule has 0 saturated heterocycles. The van der Waals surface area contributed by atoms with Crippen LogP contribution in [-0.2, 0) is 17.8 Å². The standard InChI is InChI=1S/C17H19NO5/c1-22-15-7-11(3-5-13(15)19)9-17(21)18-10-12-4-6-14(20)16(8-12)23-2/h3-8,19-20H,9-10H2,1-2H3,(H,18,21). The third kappa shape index (κ3) is 4.29. The molecule has 0 radical (unpaired) electrons. The van der Waals surface area contributed by atoms with E-state index >= 15 is 0 Å². The van der Waals surface area contributed by atoms with Crippen LogP contribution < -0.4 is 14.8 Å². The van der Waals surface area contributed by atoms with E-state index in [0.29, 0.717) is 18.0 Å². The first-order valence-electron chi connectivity index (χ1n) is 7.02. The molecule has 1 amide bonds. The second-order valence-corrected chi connectivity index (χ2v) is 4.97. The van der Waals surface area contributed by atoms with Gasteiger partial charge in [0.05, 0.1) is 20.6 Å². The number of phenolic OH excluding ortho intramolecular Hbond substituents is 2. The Morgan fingerprint density at radius 2 is 1.48 bits per heavy atom. The predicted molar refractivity (Wildman–Crippen MR) is 84.9 cm³/mol. The normalized spacial score (nSPS) is 10.2. The Morgan fingerprint density at radius 1 is 0.957 bits per heavy atom. The maximum Gasteiger partial charge on any atom is 0.224 e. The van der Waals surface area contributed by atoms with Gasteiger partial charge >= 0.3 is 0 Å². The fraction of sp³-hybridized carbons (Fsp3) is 0.235. The highest BCUT2D eigenvalue weighted by Gasteiger charge is 2.08. The number of phenols is 2. The SMILES string of the molecule is COc1cc(CNC(=O)Cc2ccc(O)c(OC)c2)ccc1O. The van der Waals surface area contributed by atoms with Crippen LogP contribution in [-0.4, -0.2) is 30.3 Å². The molecule has 0 unspecified atom stereocenters. The monoisotopic (exact) mass is 317 g/mol. The number of hydrogen-bond donors (Lipinski definition) is 3. The number of carbonyl (C=O) groups excluding carboxylic acids is 1. The predicted octanol–water partition coefficient (Wildman–Crippen LogP) is 1.97. The van der Waals surface area contributed by atoms with Crippen LogP contribution in [0.4, 0.5) is 0 Å². The maximum absolute atomic E-state index is 12.0. The van der Waals surface area contributed by atoms with Crippen LogP contribution in [0, 0.1) is 0 Å². The van der Waals surface area contributed by atoms with Crippen molar-refractivity contribution in [3.05, 3.63) is 47.5 Å². The molecule has 0 bridgehead atoms. The highest BCUT2D eigenvalue weighted by atomic mass is 16.5. The van der Waals surface area contributed by atoms with Crippen LogP contribution in [0.25, 0.3) is 0 Å².